The molecule has 14 heavy (non-hydrogen) atoms. The second-order valence-corrected chi connectivity index (χ2v) is 5.84. The fourth-order valence-electron chi connectivity index (χ4n) is 2.50. The van der Waals surface area contributed by atoms with E-state index in [1.165, 1.54) is 0 Å². The van der Waals surface area contributed by atoms with Crippen LogP contribution in [-0.4, -0.2) is 55.6 Å². The molecule has 0 unspecified atom stereocenters. The first-order valence-corrected chi connectivity index (χ1v) is 6.61. The molecule has 4 aliphatic rings. The first-order chi connectivity index (χ1) is 6.66. The molecule has 0 N–H and O–H groups in total. The van der Waals surface area contributed by atoms with Crippen LogP contribution in [0.4, 0.5) is 0 Å². The van der Waals surface area contributed by atoms with Gasteiger partial charge in [0.05, 0.1) is 5.75 Å². The smallest absolute Gasteiger partial charge is 0.258 e. The van der Waals surface area contributed by atoms with Crippen LogP contribution in [0, 0.1) is 0 Å². The van der Waals surface area contributed by atoms with E-state index in [-0.39, 0.29) is 5.75 Å². The molecule has 0 saturated carbocycles. The number of hydrogen-bond donors (Lipinski definition) is 0. The van der Waals surface area contributed by atoms with Crippen molar-refractivity contribution >= 4 is 16.0 Å². The van der Waals surface area contributed by atoms with Crippen LogP contribution in [0.3, 0.4) is 0 Å². The van der Waals surface area contributed by atoms with Crippen molar-refractivity contribution in [2.24, 2.45) is 4.40 Å². The molecule has 3 saturated heterocycles. The predicted octanol–water partition coefficient (Wildman–Crippen LogP) is -0.534. The van der Waals surface area contributed by atoms with Gasteiger partial charge in [-0.3, -0.25) is 0 Å². The van der Waals surface area contributed by atoms with Crippen LogP contribution in [0.2, 0.25) is 0 Å². The van der Waals surface area contributed by atoms with Gasteiger partial charge in [-0.25, -0.2) is 8.42 Å². The predicted molar refractivity (Wildman–Crippen MR) is 52.5 cm³/mol. The number of nitrogens with zero attached hydrogens (tertiary/aromatic N) is 3. The van der Waals surface area contributed by atoms with Crippen LogP contribution >= 0.6 is 0 Å². The molecule has 0 aliphatic carbocycles. The van der Waals surface area contributed by atoms with Gasteiger partial charge in [-0.05, 0) is 12.8 Å². The van der Waals surface area contributed by atoms with E-state index in [2.05, 4.69) is 14.2 Å². The van der Waals surface area contributed by atoms with E-state index < -0.39 is 10.0 Å². The lowest BCUT2D eigenvalue weighted by Gasteiger charge is -2.50. The summed E-state index contributed by atoms with van der Waals surface area (Å²) in [6.07, 6.45) is 2.30. The number of sulfonamides is 1. The topological polar surface area (TPSA) is 53.0 Å². The Morgan fingerprint density at radius 2 is 1.93 bits per heavy atom. The van der Waals surface area contributed by atoms with Gasteiger partial charge < -0.3 is 9.80 Å². The lowest BCUT2D eigenvalue weighted by atomic mass is 10.00. The van der Waals surface area contributed by atoms with E-state index in [1.807, 2.05) is 0 Å². The first-order valence-electron chi connectivity index (χ1n) is 5.00. The summed E-state index contributed by atoms with van der Waals surface area (Å²) in [6, 6.07) is 0.536. The maximum absolute atomic E-state index is 11.3. The average Bonchev–Trinajstić information content (AvgIpc) is 2.17. The number of hydrogen-bond acceptors (Lipinski definition) is 4. The van der Waals surface area contributed by atoms with Crippen molar-refractivity contribution in [2.45, 2.75) is 18.9 Å². The Balaban J connectivity index is 2.04. The maximum Gasteiger partial charge on any atom is 0.258 e. The lowest BCUT2D eigenvalue weighted by Crippen LogP contribution is -2.63. The summed E-state index contributed by atoms with van der Waals surface area (Å²) in [5, 5.41) is 0. The normalized spacial score (nSPS) is 30.1. The van der Waals surface area contributed by atoms with Gasteiger partial charge in [0.1, 0.15) is 0 Å². The molecule has 5 nitrogen and oxygen atoms in total. The standard InChI is InChI=1S/C8H13N3O2S/c12-14(13)6-5-11-7-1-3-10(4-2-7)8(11)9-14/h7H,1-6H2. The van der Waals surface area contributed by atoms with E-state index in [0.717, 1.165) is 25.9 Å². The molecule has 4 heterocycles. The van der Waals surface area contributed by atoms with Crippen molar-refractivity contribution in [2.75, 3.05) is 25.4 Å². The number of fused-ring (bicyclic) bond motifs is 2. The molecule has 0 amide bonds. The van der Waals surface area contributed by atoms with Crippen molar-refractivity contribution in [3.05, 3.63) is 0 Å². The van der Waals surface area contributed by atoms with Gasteiger partial charge in [-0.15, -0.1) is 4.40 Å². The molecule has 0 spiro atoms. The highest BCUT2D eigenvalue weighted by molar-refractivity contribution is 7.90. The van der Waals surface area contributed by atoms with Crippen LogP contribution in [0.1, 0.15) is 12.8 Å². The van der Waals surface area contributed by atoms with Gasteiger partial charge >= 0.3 is 0 Å². The van der Waals surface area contributed by atoms with Gasteiger partial charge in [-0.1, -0.05) is 0 Å². The van der Waals surface area contributed by atoms with Gasteiger partial charge in [0, 0.05) is 25.7 Å². The minimum atomic E-state index is -3.17. The summed E-state index contributed by atoms with van der Waals surface area (Å²) in [7, 11) is -3.17. The van der Waals surface area contributed by atoms with Crippen LogP contribution in [-0.2, 0) is 10.0 Å². The van der Waals surface area contributed by atoms with Crippen LogP contribution in [0.5, 0.6) is 0 Å². The molecule has 78 valence electrons. The van der Waals surface area contributed by atoms with E-state index in [4.69, 9.17) is 0 Å². The van der Waals surface area contributed by atoms with Crippen molar-refractivity contribution in [3.63, 3.8) is 0 Å². The molecule has 3 fully saturated rings. The van der Waals surface area contributed by atoms with Crippen LogP contribution in [0.15, 0.2) is 4.40 Å². The lowest BCUT2D eigenvalue weighted by molar-refractivity contribution is 0.128. The molecule has 4 aliphatic heterocycles. The van der Waals surface area contributed by atoms with E-state index in [0.29, 0.717) is 18.5 Å². The quantitative estimate of drug-likeness (QED) is 0.545. The SMILES string of the molecule is O=S1(=O)CCN2C(=N1)N1CCC2CC1. The molecule has 0 radical (unpaired) electrons. The molecular formula is C8H13N3O2S. The average molecular weight is 215 g/mol. The summed E-state index contributed by atoms with van der Waals surface area (Å²) in [4.78, 5) is 4.25. The zero-order chi connectivity index (χ0) is 9.76. The van der Waals surface area contributed by atoms with Gasteiger partial charge in [0.2, 0.25) is 5.96 Å². The largest absolute Gasteiger partial charge is 0.342 e. The summed E-state index contributed by atoms with van der Waals surface area (Å²) < 4.78 is 26.5. The van der Waals surface area contributed by atoms with Crippen molar-refractivity contribution in [1.82, 2.24) is 9.80 Å². The minimum absolute atomic E-state index is 0.181. The van der Waals surface area contributed by atoms with Crippen molar-refractivity contribution in [1.29, 1.82) is 0 Å². The molecule has 0 aromatic rings. The third-order valence-corrected chi connectivity index (χ3v) is 4.40. The second kappa shape index (κ2) is 2.62. The van der Waals surface area contributed by atoms with Gasteiger partial charge in [0.15, 0.2) is 0 Å². The molecule has 6 heteroatoms. The number of guanidine groups is 1. The highest BCUT2D eigenvalue weighted by Gasteiger charge is 2.40. The fraction of sp³-hybridized carbons (Fsp3) is 0.875. The Morgan fingerprint density at radius 1 is 1.21 bits per heavy atom. The Morgan fingerprint density at radius 3 is 2.64 bits per heavy atom. The second-order valence-electron chi connectivity index (χ2n) is 4.09. The molecular weight excluding hydrogens is 202 g/mol. The molecule has 0 aromatic heterocycles. The summed E-state index contributed by atoms with van der Waals surface area (Å²) >= 11 is 0. The van der Waals surface area contributed by atoms with E-state index in [9.17, 15) is 8.42 Å². The van der Waals surface area contributed by atoms with Crippen LogP contribution in [0.25, 0.3) is 0 Å². The summed E-state index contributed by atoms with van der Waals surface area (Å²) in [6.45, 7) is 2.56. The summed E-state index contributed by atoms with van der Waals surface area (Å²) in [5.41, 5.74) is 0. The van der Waals surface area contributed by atoms with E-state index >= 15 is 0 Å². The Hall–Kier alpha value is -0.780. The zero-order valence-corrected chi connectivity index (χ0v) is 8.70. The van der Waals surface area contributed by atoms with Gasteiger partial charge in [-0.2, -0.15) is 0 Å². The fourth-order valence-corrected chi connectivity index (χ4v) is 3.49. The molecule has 4 rings (SSSR count). The molecule has 0 atom stereocenters. The van der Waals surface area contributed by atoms with Crippen molar-refractivity contribution < 1.29 is 8.42 Å². The van der Waals surface area contributed by atoms with Gasteiger partial charge in [0.25, 0.3) is 10.0 Å². The van der Waals surface area contributed by atoms with Crippen LogP contribution < -0.4 is 0 Å². The summed E-state index contributed by atoms with van der Waals surface area (Å²) in [5.74, 6) is 0.889. The third-order valence-electron chi connectivity index (χ3n) is 3.26. The highest BCUT2D eigenvalue weighted by Crippen LogP contribution is 2.27. The van der Waals surface area contributed by atoms with E-state index in [1.54, 1.807) is 0 Å². The Kier molecular flexibility index (Phi) is 1.60. The third kappa shape index (κ3) is 1.13. The molecule has 2 bridgehead atoms. The van der Waals surface area contributed by atoms with Crippen molar-refractivity contribution in [3.8, 4) is 0 Å². The first kappa shape index (κ1) is 8.52. The minimum Gasteiger partial charge on any atom is -0.342 e. The highest BCUT2D eigenvalue weighted by atomic mass is 32.2. The Bertz CT molecular complexity index is 381. The Labute approximate surface area is 83.5 Å². The number of rotatable bonds is 0. The molecule has 0 aromatic carbocycles. The number of piperidine rings is 1. The zero-order valence-electron chi connectivity index (χ0n) is 7.89. The maximum atomic E-state index is 11.3. The monoisotopic (exact) mass is 215 g/mol.